The Labute approximate surface area is 104 Å². The van der Waals surface area contributed by atoms with Crippen molar-refractivity contribution < 1.29 is 0 Å². The summed E-state index contributed by atoms with van der Waals surface area (Å²) in [4.78, 5) is 8.08. The minimum atomic E-state index is 0.821. The summed E-state index contributed by atoms with van der Waals surface area (Å²) < 4.78 is 0. The molecule has 0 saturated carbocycles. The molecule has 1 aliphatic rings. The second-order valence-corrected chi connectivity index (χ2v) is 6.14. The smallest absolute Gasteiger partial charge is 0.0794 e. The highest BCUT2D eigenvalue weighted by atomic mass is 79.9. The SMILES string of the molecule is CC1CC(CBr)CN(Cc2cncs2)C1. The third-order valence-corrected chi connectivity index (χ3v) is 4.58. The lowest BCUT2D eigenvalue weighted by Crippen LogP contribution is -2.39. The predicted molar refractivity (Wildman–Crippen MR) is 68.5 cm³/mol. The molecule has 0 aliphatic carbocycles. The van der Waals surface area contributed by atoms with Crippen molar-refractivity contribution in [3.05, 3.63) is 16.6 Å². The first-order chi connectivity index (χ1) is 7.28. The largest absolute Gasteiger partial charge is 0.298 e. The third-order valence-electron chi connectivity index (χ3n) is 2.90. The summed E-state index contributed by atoms with van der Waals surface area (Å²) >= 11 is 5.37. The molecule has 84 valence electrons. The van der Waals surface area contributed by atoms with Crippen molar-refractivity contribution in [1.29, 1.82) is 0 Å². The average molecular weight is 289 g/mol. The van der Waals surface area contributed by atoms with Crippen molar-refractivity contribution in [3.63, 3.8) is 0 Å². The first-order valence-corrected chi connectivity index (χ1v) is 7.43. The van der Waals surface area contributed by atoms with Gasteiger partial charge in [0.1, 0.15) is 0 Å². The number of likely N-dealkylation sites (tertiary alicyclic amines) is 1. The summed E-state index contributed by atoms with van der Waals surface area (Å²) in [5, 5.41) is 1.14. The number of alkyl halides is 1. The normalized spacial score (nSPS) is 28.1. The van der Waals surface area contributed by atoms with Crippen molar-refractivity contribution in [3.8, 4) is 0 Å². The molecule has 2 nitrogen and oxygen atoms in total. The third kappa shape index (κ3) is 3.26. The molecule has 1 saturated heterocycles. The number of nitrogens with zero attached hydrogens (tertiary/aromatic N) is 2. The van der Waals surface area contributed by atoms with Crippen LogP contribution in [0.15, 0.2) is 11.7 Å². The van der Waals surface area contributed by atoms with E-state index in [9.17, 15) is 0 Å². The Morgan fingerprint density at radius 1 is 1.60 bits per heavy atom. The topological polar surface area (TPSA) is 16.1 Å². The van der Waals surface area contributed by atoms with Gasteiger partial charge >= 0.3 is 0 Å². The van der Waals surface area contributed by atoms with Gasteiger partial charge in [0.15, 0.2) is 0 Å². The van der Waals surface area contributed by atoms with Crippen LogP contribution in [0.25, 0.3) is 0 Å². The minimum absolute atomic E-state index is 0.821. The summed E-state index contributed by atoms with van der Waals surface area (Å²) in [5.74, 6) is 1.65. The zero-order valence-electron chi connectivity index (χ0n) is 9.03. The molecular formula is C11H17BrN2S. The lowest BCUT2D eigenvalue weighted by Gasteiger charge is -2.35. The molecule has 15 heavy (non-hydrogen) atoms. The number of hydrogen-bond acceptors (Lipinski definition) is 3. The summed E-state index contributed by atoms with van der Waals surface area (Å²) in [5.41, 5.74) is 1.92. The molecule has 1 aliphatic heterocycles. The van der Waals surface area contributed by atoms with Crippen molar-refractivity contribution in [2.24, 2.45) is 11.8 Å². The van der Waals surface area contributed by atoms with Crippen LogP contribution in [0, 0.1) is 11.8 Å². The maximum Gasteiger partial charge on any atom is 0.0794 e. The number of rotatable bonds is 3. The molecule has 0 N–H and O–H groups in total. The Hall–Kier alpha value is 0.0700. The van der Waals surface area contributed by atoms with E-state index in [1.807, 2.05) is 11.7 Å². The molecular weight excluding hydrogens is 272 g/mol. The lowest BCUT2D eigenvalue weighted by molar-refractivity contribution is 0.138. The fourth-order valence-electron chi connectivity index (χ4n) is 2.38. The van der Waals surface area contributed by atoms with Crippen LogP contribution >= 0.6 is 27.3 Å². The van der Waals surface area contributed by atoms with Gasteiger partial charge in [-0.05, 0) is 18.3 Å². The maximum absolute atomic E-state index is 4.13. The van der Waals surface area contributed by atoms with E-state index < -0.39 is 0 Å². The van der Waals surface area contributed by atoms with E-state index in [4.69, 9.17) is 0 Å². The van der Waals surface area contributed by atoms with Crippen molar-refractivity contribution in [1.82, 2.24) is 9.88 Å². The Kier molecular flexibility index (Phi) is 4.17. The van der Waals surface area contributed by atoms with Gasteiger partial charge in [-0.3, -0.25) is 9.88 Å². The summed E-state index contributed by atoms with van der Waals surface area (Å²) in [7, 11) is 0. The first kappa shape index (κ1) is 11.6. The molecule has 2 unspecified atom stereocenters. The summed E-state index contributed by atoms with van der Waals surface area (Å²) in [6, 6.07) is 0. The lowest BCUT2D eigenvalue weighted by atomic mass is 9.92. The zero-order chi connectivity index (χ0) is 10.7. The second kappa shape index (κ2) is 5.41. The number of piperidine rings is 1. The standard InChI is InChI=1S/C11H17BrN2S/c1-9-2-10(3-12)6-14(5-9)7-11-4-13-8-15-11/h4,8-10H,2-3,5-7H2,1H3. The number of halogens is 1. The molecule has 0 amide bonds. The van der Waals surface area contributed by atoms with E-state index >= 15 is 0 Å². The Balaban J connectivity index is 1.91. The average Bonchev–Trinajstić information content (AvgIpc) is 2.69. The molecule has 4 heteroatoms. The molecule has 1 aromatic rings. The van der Waals surface area contributed by atoms with E-state index in [0.29, 0.717) is 0 Å². The van der Waals surface area contributed by atoms with Crippen LogP contribution in [0.1, 0.15) is 18.2 Å². The predicted octanol–water partition coefficient (Wildman–Crippen LogP) is 3.00. The monoisotopic (exact) mass is 288 g/mol. The Morgan fingerprint density at radius 3 is 3.13 bits per heavy atom. The maximum atomic E-state index is 4.13. The molecule has 0 aromatic carbocycles. The Morgan fingerprint density at radius 2 is 2.47 bits per heavy atom. The number of thiazole rings is 1. The van der Waals surface area contributed by atoms with Crippen LogP contribution in [-0.2, 0) is 6.54 Å². The van der Waals surface area contributed by atoms with Crippen LogP contribution in [0.3, 0.4) is 0 Å². The molecule has 0 radical (unpaired) electrons. The molecule has 0 spiro atoms. The van der Waals surface area contributed by atoms with Crippen molar-refractivity contribution in [2.45, 2.75) is 19.9 Å². The van der Waals surface area contributed by atoms with E-state index in [1.165, 1.54) is 24.4 Å². The van der Waals surface area contributed by atoms with Gasteiger partial charge in [0.2, 0.25) is 0 Å². The highest BCUT2D eigenvalue weighted by molar-refractivity contribution is 9.09. The quantitative estimate of drug-likeness (QED) is 0.795. The summed E-state index contributed by atoms with van der Waals surface area (Å²) in [6.07, 6.45) is 3.36. The van der Waals surface area contributed by atoms with Gasteiger partial charge in [0, 0.05) is 36.0 Å². The number of hydrogen-bond donors (Lipinski definition) is 0. The van der Waals surface area contributed by atoms with Crippen molar-refractivity contribution in [2.75, 3.05) is 18.4 Å². The van der Waals surface area contributed by atoms with Gasteiger partial charge < -0.3 is 0 Å². The molecule has 1 aromatic heterocycles. The first-order valence-electron chi connectivity index (χ1n) is 5.43. The number of aromatic nitrogens is 1. The minimum Gasteiger partial charge on any atom is -0.298 e. The highest BCUT2D eigenvalue weighted by Crippen LogP contribution is 2.24. The van der Waals surface area contributed by atoms with Gasteiger partial charge in [-0.15, -0.1) is 11.3 Å². The summed E-state index contributed by atoms with van der Waals surface area (Å²) in [6.45, 7) is 5.90. The Bertz CT molecular complexity index is 289. The fourth-order valence-corrected chi connectivity index (χ4v) is 3.49. The van der Waals surface area contributed by atoms with Gasteiger partial charge in [-0.25, -0.2) is 0 Å². The molecule has 2 atom stereocenters. The van der Waals surface area contributed by atoms with E-state index in [-0.39, 0.29) is 0 Å². The molecule has 2 heterocycles. The fraction of sp³-hybridized carbons (Fsp3) is 0.727. The van der Waals surface area contributed by atoms with Gasteiger partial charge in [0.25, 0.3) is 0 Å². The van der Waals surface area contributed by atoms with Crippen molar-refractivity contribution >= 4 is 27.3 Å². The van der Waals surface area contributed by atoms with E-state index in [2.05, 4.69) is 32.7 Å². The van der Waals surface area contributed by atoms with Crippen LogP contribution in [-0.4, -0.2) is 28.3 Å². The van der Waals surface area contributed by atoms with E-state index in [0.717, 1.165) is 23.7 Å². The van der Waals surface area contributed by atoms with Crippen LogP contribution in [0.2, 0.25) is 0 Å². The van der Waals surface area contributed by atoms with Crippen LogP contribution < -0.4 is 0 Å². The zero-order valence-corrected chi connectivity index (χ0v) is 11.4. The second-order valence-electron chi connectivity index (χ2n) is 4.52. The van der Waals surface area contributed by atoms with Gasteiger partial charge in [-0.2, -0.15) is 0 Å². The van der Waals surface area contributed by atoms with Gasteiger partial charge in [-0.1, -0.05) is 22.9 Å². The molecule has 0 bridgehead atoms. The van der Waals surface area contributed by atoms with E-state index in [1.54, 1.807) is 11.3 Å². The van der Waals surface area contributed by atoms with Gasteiger partial charge in [0.05, 0.1) is 5.51 Å². The highest BCUT2D eigenvalue weighted by Gasteiger charge is 2.23. The van der Waals surface area contributed by atoms with Crippen LogP contribution in [0.4, 0.5) is 0 Å². The molecule has 2 rings (SSSR count). The van der Waals surface area contributed by atoms with Crippen LogP contribution in [0.5, 0.6) is 0 Å². The molecule has 1 fully saturated rings.